The second-order valence-electron chi connectivity index (χ2n) is 3.26. The van der Waals surface area contributed by atoms with Crippen molar-refractivity contribution in [3.8, 4) is 0 Å². The molecule has 4 N–H and O–H groups in total. The summed E-state index contributed by atoms with van der Waals surface area (Å²) in [6.07, 6.45) is 0.963. The molecular weight excluding hydrogens is 156 g/mol. The number of hydrogen-bond acceptors (Lipinski definition) is 3. The van der Waals surface area contributed by atoms with Gasteiger partial charge in [-0.15, -0.1) is 0 Å². The van der Waals surface area contributed by atoms with Crippen LogP contribution in [0.2, 0.25) is 0 Å². The maximum Gasteiger partial charge on any atom is 0.303 e. The summed E-state index contributed by atoms with van der Waals surface area (Å²) in [6, 6.07) is 0.0596. The fourth-order valence-corrected chi connectivity index (χ4v) is 1.24. The van der Waals surface area contributed by atoms with Crippen LogP contribution < -0.4 is 11.1 Å². The number of hydrogen-bond donors (Lipinski definition) is 3. The van der Waals surface area contributed by atoms with Gasteiger partial charge in [0.05, 0.1) is 0 Å². The fourth-order valence-electron chi connectivity index (χ4n) is 1.24. The molecule has 4 nitrogen and oxygen atoms in total. The Hall–Kier alpha value is -0.610. The number of carbonyl (C=O) groups is 1. The van der Waals surface area contributed by atoms with Crippen molar-refractivity contribution < 1.29 is 9.90 Å². The number of likely N-dealkylation sites (N-methyl/N-ethyl adjacent to an activating group) is 1. The second-order valence-corrected chi connectivity index (χ2v) is 3.26. The molecule has 0 aromatic heterocycles. The van der Waals surface area contributed by atoms with Crippen LogP contribution in [0.3, 0.4) is 0 Å². The van der Waals surface area contributed by atoms with Crippen LogP contribution in [-0.2, 0) is 4.79 Å². The van der Waals surface area contributed by atoms with Gasteiger partial charge in [-0.25, -0.2) is 0 Å². The molecule has 0 radical (unpaired) electrons. The molecule has 72 valence electrons. The average Bonchev–Trinajstić information content (AvgIpc) is 1.84. The van der Waals surface area contributed by atoms with Crippen LogP contribution in [0.5, 0.6) is 0 Å². The van der Waals surface area contributed by atoms with Crippen molar-refractivity contribution in [2.24, 2.45) is 11.7 Å². The molecule has 0 aliphatic heterocycles. The maximum absolute atomic E-state index is 10.3. The van der Waals surface area contributed by atoms with E-state index in [-0.39, 0.29) is 18.4 Å². The third-order valence-electron chi connectivity index (χ3n) is 1.69. The van der Waals surface area contributed by atoms with E-state index in [1.165, 1.54) is 0 Å². The molecule has 0 saturated heterocycles. The minimum Gasteiger partial charge on any atom is -0.481 e. The van der Waals surface area contributed by atoms with Crippen LogP contribution in [0.25, 0.3) is 0 Å². The Morgan fingerprint density at radius 2 is 2.25 bits per heavy atom. The number of aliphatic carboxylic acids is 1. The highest BCUT2D eigenvalue weighted by Crippen LogP contribution is 2.08. The van der Waals surface area contributed by atoms with E-state index in [0.717, 1.165) is 13.0 Å². The first kappa shape index (κ1) is 11.4. The van der Waals surface area contributed by atoms with Crippen LogP contribution >= 0.6 is 0 Å². The number of carboxylic acid groups (broad SMARTS) is 1. The van der Waals surface area contributed by atoms with Crippen molar-refractivity contribution in [3.63, 3.8) is 0 Å². The predicted octanol–water partition coefficient (Wildman–Crippen LogP) is 0.0340. The van der Waals surface area contributed by atoms with E-state index >= 15 is 0 Å². The van der Waals surface area contributed by atoms with Gasteiger partial charge in [-0.1, -0.05) is 6.92 Å². The van der Waals surface area contributed by atoms with Crippen LogP contribution in [-0.4, -0.2) is 30.7 Å². The van der Waals surface area contributed by atoms with Gasteiger partial charge in [0.15, 0.2) is 0 Å². The SMILES string of the molecule is CNC[C@H](N)C[C@@H](C)CC(=O)O. The molecular formula is C8H18N2O2. The molecule has 0 heterocycles. The molecule has 0 rings (SSSR count). The summed E-state index contributed by atoms with van der Waals surface area (Å²) >= 11 is 0. The van der Waals surface area contributed by atoms with Gasteiger partial charge in [-0.2, -0.15) is 0 Å². The molecule has 0 unspecified atom stereocenters. The van der Waals surface area contributed by atoms with Gasteiger partial charge in [0.25, 0.3) is 0 Å². The van der Waals surface area contributed by atoms with Gasteiger partial charge >= 0.3 is 5.97 Å². The van der Waals surface area contributed by atoms with Crippen LogP contribution in [0.1, 0.15) is 19.8 Å². The average molecular weight is 174 g/mol. The summed E-state index contributed by atoms with van der Waals surface area (Å²) in [6.45, 7) is 2.65. The first-order valence-corrected chi connectivity index (χ1v) is 4.18. The highest BCUT2D eigenvalue weighted by atomic mass is 16.4. The molecule has 0 spiro atoms. The van der Waals surface area contributed by atoms with E-state index in [4.69, 9.17) is 10.8 Å². The molecule has 0 saturated carbocycles. The highest BCUT2D eigenvalue weighted by Gasteiger charge is 2.11. The Morgan fingerprint density at radius 1 is 1.67 bits per heavy atom. The Labute approximate surface area is 73.1 Å². The summed E-state index contributed by atoms with van der Waals surface area (Å²) in [5.74, 6) is -0.593. The van der Waals surface area contributed by atoms with E-state index in [1.54, 1.807) is 0 Å². The van der Waals surface area contributed by atoms with E-state index < -0.39 is 5.97 Å². The molecule has 0 amide bonds. The topological polar surface area (TPSA) is 75.3 Å². The number of carboxylic acids is 1. The monoisotopic (exact) mass is 174 g/mol. The third-order valence-corrected chi connectivity index (χ3v) is 1.69. The Morgan fingerprint density at radius 3 is 2.67 bits per heavy atom. The van der Waals surface area contributed by atoms with Gasteiger partial charge in [-0.3, -0.25) is 4.79 Å². The molecule has 4 heteroatoms. The Balaban J connectivity index is 3.53. The first-order chi connectivity index (χ1) is 5.56. The molecule has 0 bridgehead atoms. The molecule has 12 heavy (non-hydrogen) atoms. The fraction of sp³-hybridized carbons (Fsp3) is 0.875. The lowest BCUT2D eigenvalue weighted by Gasteiger charge is -2.14. The van der Waals surface area contributed by atoms with Crippen LogP contribution in [0.4, 0.5) is 0 Å². The lowest BCUT2D eigenvalue weighted by atomic mass is 9.99. The van der Waals surface area contributed by atoms with Gasteiger partial charge in [0.1, 0.15) is 0 Å². The number of rotatable bonds is 6. The minimum absolute atomic E-state index is 0.0596. The largest absolute Gasteiger partial charge is 0.481 e. The first-order valence-electron chi connectivity index (χ1n) is 4.18. The maximum atomic E-state index is 10.3. The summed E-state index contributed by atoms with van der Waals surface area (Å²) < 4.78 is 0. The number of nitrogens with two attached hydrogens (primary N) is 1. The summed E-state index contributed by atoms with van der Waals surface area (Å²) in [4.78, 5) is 10.3. The molecule has 0 aliphatic carbocycles. The Bertz CT molecular complexity index is 139. The third kappa shape index (κ3) is 6.12. The van der Waals surface area contributed by atoms with E-state index in [0.29, 0.717) is 0 Å². The zero-order valence-electron chi connectivity index (χ0n) is 7.71. The minimum atomic E-state index is -0.751. The highest BCUT2D eigenvalue weighted by molar-refractivity contribution is 5.66. The van der Waals surface area contributed by atoms with Gasteiger partial charge < -0.3 is 16.2 Å². The van der Waals surface area contributed by atoms with Crippen molar-refractivity contribution in [3.05, 3.63) is 0 Å². The molecule has 0 aromatic carbocycles. The van der Waals surface area contributed by atoms with E-state index in [9.17, 15) is 4.79 Å². The molecule has 2 atom stereocenters. The quantitative estimate of drug-likeness (QED) is 0.531. The van der Waals surface area contributed by atoms with Gasteiger partial charge in [0.2, 0.25) is 0 Å². The van der Waals surface area contributed by atoms with Crippen molar-refractivity contribution in [2.75, 3.05) is 13.6 Å². The normalized spacial score (nSPS) is 15.6. The lowest BCUT2D eigenvalue weighted by Crippen LogP contribution is -2.33. The Kier molecular flexibility index (Phi) is 5.66. The van der Waals surface area contributed by atoms with Crippen LogP contribution in [0, 0.1) is 5.92 Å². The zero-order chi connectivity index (χ0) is 9.56. The predicted molar refractivity (Wildman–Crippen MR) is 47.9 cm³/mol. The van der Waals surface area contributed by atoms with Gasteiger partial charge in [0, 0.05) is 19.0 Å². The smallest absolute Gasteiger partial charge is 0.303 e. The summed E-state index contributed by atoms with van der Waals surface area (Å²) in [5, 5.41) is 11.4. The van der Waals surface area contributed by atoms with Crippen molar-refractivity contribution >= 4 is 5.97 Å². The van der Waals surface area contributed by atoms with Crippen molar-refractivity contribution in [1.29, 1.82) is 0 Å². The molecule has 0 aromatic rings. The number of nitrogens with one attached hydrogen (secondary N) is 1. The van der Waals surface area contributed by atoms with Gasteiger partial charge in [-0.05, 0) is 19.4 Å². The summed E-state index contributed by atoms with van der Waals surface area (Å²) in [5.41, 5.74) is 5.71. The van der Waals surface area contributed by atoms with Crippen molar-refractivity contribution in [1.82, 2.24) is 5.32 Å². The second kappa shape index (κ2) is 5.97. The summed E-state index contributed by atoms with van der Waals surface area (Å²) in [7, 11) is 1.84. The molecule has 0 fully saturated rings. The van der Waals surface area contributed by atoms with Crippen molar-refractivity contribution in [2.45, 2.75) is 25.8 Å². The zero-order valence-corrected chi connectivity index (χ0v) is 7.71. The van der Waals surface area contributed by atoms with E-state index in [2.05, 4.69) is 5.32 Å². The standard InChI is InChI=1S/C8H18N2O2/c1-6(4-8(11)12)3-7(9)5-10-2/h6-7,10H,3-5,9H2,1-2H3,(H,11,12)/t6-,7-/m1/s1. The molecule has 0 aliphatic rings. The van der Waals surface area contributed by atoms with Crippen LogP contribution in [0.15, 0.2) is 0 Å². The van der Waals surface area contributed by atoms with E-state index in [1.807, 2.05) is 14.0 Å². The lowest BCUT2D eigenvalue weighted by molar-refractivity contribution is -0.138.